The molecule has 1 aromatic carbocycles. The Morgan fingerprint density at radius 1 is 1.44 bits per heavy atom. The van der Waals surface area contributed by atoms with E-state index < -0.39 is 0 Å². The number of carbonyl (C=O) groups excluding carboxylic acids is 1. The van der Waals surface area contributed by atoms with E-state index in [0.29, 0.717) is 24.3 Å². The van der Waals surface area contributed by atoms with Crippen molar-refractivity contribution < 1.29 is 9.53 Å². The van der Waals surface area contributed by atoms with Crippen LogP contribution in [0.5, 0.6) is 5.75 Å². The van der Waals surface area contributed by atoms with Crippen molar-refractivity contribution in [2.45, 2.75) is 12.8 Å². The predicted molar refractivity (Wildman–Crippen MR) is 68.3 cm³/mol. The lowest BCUT2D eigenvalue weighted by Crippen LogP contribution is -2.15. The Labute approximate surface area is 103 Å². The van der Waals surface area contributed by atoms with Gasteiger partial charge in [-0.05, 0) is 24.1 Å². The molecule has 3 heteroatoms. The molecular weight excluding hydrogens is 268 g/mol. The predicted octanol–water partition coefficient (Wildman–Crippen LogP) is 3.45. The minimum absolute atomic E-state index is 0.178. The van der Waals surface area contributed by atoms with Gasteiger partial charge in [0.05, 0.1) is 12.2 Å². The second kappa shape index (κ2) is 5.30. The highest BCUT2D eigenvalue weighted by Gasteiger charge is 2.17. The fraction of sp³-hybridized carbons (Fsp3) is 0.308. The third-order valence-corrected chi connectivity index (χ3v) is 2.93. The van der Waals surface area contributed by atoms with Gasteiger partial charge < -0.3 is 4.74 Å². The van der Waals surface area contributed by atoms with Crippen LogP contribution in [-0.4, -0.2) is 17.7 Å². The molecule has 0 N–H and O–H groups in total. The smallest absolute Gasteiger partial charge is 0.170 e. The van der Waals surface area contributed by atoms with Gasteiger partial charge in [0.2, 0.25) is 0 Å². The Kier molecular flexibility index (Phi) is 3.78. The van der Waals surface area contributed by atoms with Crippen LogP contribution >= 0.6 is 15.9 Å². The van der Waals surface area contributed by atoms with Crippen molar-refractivity contribution in [1.82, 2.24) is 0 Å². The molecule has 0 saturated heterocycles. The fourth-order valence-electron chi connectivity index (χ4n) is 1.67. The molecule has 0 fully saturated rings. The lowest BCUT2D eigenvalue weighted by molar-refractivity contribution is 0.0933. The number of halogens is 1. The van der Waals surface area contributed by atoms with Gasteiger partial charge in [-0.2, -0.15) is 0 Å². The van der Waals surface area contributed by atoms with Gasteiger partial charge >= 0.3 is 0 Å². The number of allylic oxidation sites excluding steroid dienone is 1. The zero-order valence-electron chi connectivity index (χ0n) is 8.91. The molecule has 1 heterocycles. The van der Waals surface area contributed by atoms with Crippen LogP contribution in [-0.2, 0) is 0 Å². The number of carbonyl (C=O) groups is 1. The molecule has 0 aromatic heterocycles. The molecule has 84 valence electrons. The van der Waals surface area contributed by atoms with Gasteiger partial charge in [-0.1, -0.05) is 34.1 Å². The molecule has 2 nitrogen and oxygen atoms in total. The van der Waals surface area contributed by atoms with Crippen molar-refractivity contribution in [2.24, 2.45) is 0 Å². The molecule has 1 aliphatic rings. The van der Waals surface area contributed by atoms with Crippen molar-refractivity contribution in [2.75, 3.05) is 11.9 Å². The van der Waals surface area contributed by atoms with Gasteiger partial charge in [0, 0.05) is 11.8 Å². The number of ketones is 1. The number of fused-ring (bicyclic) bond motifs is 1. The molecule has 2 rings (SSSR count). The summed E-state index contributed by atoms with van der Waals surface area (Å²) >= 11 is 3.37. The van der Waals surface area contributed by atoms with Crippen molar-refractivity contribution in [3.05, 3.63) is 35.4 Å². The number of benzene rings is 1. The second-order valence-electron chi connectivity index (χ2n) is 3.66. The fourth-order valence-corrected chi connectivity index (χ4v) is 1.93. The molecule has 1 aromatic rings. The van der Waals surface area contributed by atoms with E-state index in [-0.39, 0.29) is 5.78 Å². The van der Waals surface area contributed by atoms with E-state index in [9.17, 15) is 4.79 Å². The quantitative estimate of drug-likeness (QED) is 0.793. The highest BCUT2D eigenvalue weighted by atomic mass is 79.9. The topological polar surface area (TPSA) is 26.3 Å². The van der Waals surface area contributed by atoms with Crippen molar-refractivity contribution in [3.8, 4) is 5.75 Å². The summed E-state index contributed by atoms with van der Waals surface area (Å²) in [7, 11) is 0. The van der Waals surface area contributed by atoms with Crippen LogP contribution < -0.4 is 4.74 Å². The zero-order valence-corrected chi connectivity index (χ0v) is 10.5. The number of hydrogen-bond acceptors (Lipinski definition) is 2. The van der Waals surface area contributed by atoms with Crippen LogP contribution in [0, 0.1) is 0 Å². The summed E-state index contributed by atoms with van der Waals surface area (Å²) in [5.74, 6) is 0.894. The van der Waals surface area contributed by atoms with Gasteiger partial charge in [0.25, 0.3) is 0 Å². The van der Waals surface area contributed by atoms with Gasteiger partial charge in [0.1, 0.15) is 5.75 Å². The Morgan fingerprint density at radius 2 is 2.31 bits per heavy atom. The molecule has 1 aliphatic heterocycles. The molecule has 0 bridgehead atoms. The summed E-state index contributed by atoms with van der Waals surface area (Å²) in [6.07, 6.45) is 5.59. The van der Waals surface area contributed by atoms with Crippen molar-refractivity contribution in [1.29, 1.82) is 0 Å². The lowest BCUT2D eigenvalue weighted by atomic mass is 10.0. The Balaban J connectivity index is 2.23. The Bertz CT molecular complexity index is 424. The molecule has 0 amide bonds. The van der Waals surface area contributed by atoms with Crippen LogP contribution in [0.15, 0.2) is 24.3 Å². The first kappa shape index (κ1) is 11.4. The summed E-state index contributed by atoms with van der Waals surface area (Å²) in [5, 5.41) is 0.955. The van der Waals surface area contributed by atoms with Gasteiger partial charge in [0.15, 0.2) is 5.78 Å². The Hall–Kier alpha value is -1.09. The van der Waals surface area contributed by atoms with Crippen molar-refractivity contribution >= 4 is 27.8 Å². The summed E-state index contributed by atoms with van der Waals surface area (Å²) < 4.78 is 5.42. The molecule has 16 heavy (non-hydrogen) atoms. The second-order valence-corrected chi connectivity index (χ2v) is 4.45. The van der Waals surface area contributed by atoms with Crippen molar-refractivity contribution in [3.63, 3.8) is 0 Å². The first-order chi connectivity index (χ1) is 7.81. The van der Waals surface area contributed by atoms with Crippen LogP contribution in [0.25, 0.3) is 6.08 Å². The lowest BCUT2D eigenvalue weighted by Gasteiger charge is -2.16. The van der Waals surface area contributed by atoms with Gasteiger partial charge in [-0.25, -0.2) is 0 Å². The maximum Gasteiger partial charge on any atom is 0.170 e. The van der Waals surface area contributed by atoms with Gasteiger partial charge in [-0.3, -0.25) is 4.79 Å². The Morgan fingerprint density at radius 3 is 3.12 bits per heavy atom. The van der Waals surface area contributed by atoms with Crippen LogP contribution in [0.3, 0.4) is 0 Å². The highest BCUT2D eigenvalue weighted by Crippen LogP contribution is 2.26. The average Bonchev–Trinajstić information content (AvgIpc) is 2.30. The monoisotopic (exact) mass is 280 g/mol. The first-order valence-electron chi connectivity index (χ1n) is 5.34. The van der Waals surface area contributed by atoms with Gasteiger partial charge in [-0.15, -0.1) is 0 Å². The van der Waals surface area contributed by atoms with Crippen LogP contribution in [0.1, 0.15) is 28.8 Å². The molecule has 0 saturated carbocycles. The van der Waals surface area contributed by atoms with E-state index in [4.69, 9.17) is 4.74 Å². The minimum Gasteiger partial charge on any atom is -0.492 e. The number of hydrogen-bond donors (Lipinski definition) is 0. The molecule has 0 spiro atoms. The van der Waals surface area contributed by atoms with E-state index in [0.717, 1.165) is 17.3 Å². The van der Waals surface area contributed by atoms with Crippen LogP contribution in [0.2, 0.25) is 0 Å². The number of Topliss-reactive ketones (excluding diaryl/α,β-unsaturated/α-hetero) is 1. The van der Waals surface area contributed by atoms with E-state index in [1.54, 1.807) is 0 Å². The first-order valence-corrected chi connectivity index (χ1v) is 6.46. The van der Waals surface area contributed by atoms with E-state index in [1.807, 2.05) is 24.3 Å². The molecule has 0 aliphatic carbocycles. The van der Waals surface area contributed by atoms with E-state index >= 15 is 0 Å². The summed E-state index contributed by atoms with van der Waals surface area (Å²) in [4.78, 5) is 11.7. The van der Waals surface area contributed by atoms with Crippen LogP contribution in [0.4, 0.5) is 0 Å². The largest absolute Gasteiger partial charge is 0.492 e. The molecule has 0 radical (unpaired) electrons. The number of alkyl halides is 1. The molecule has 0 unspecified atom stereocenters. The standard InChI is InChI=1S/C13H13BrO2/c14-7-2-1-3-10-4-5-13-11(9-10)12(15)6-8-16-13/h1,3-5,9H,2,6-8H2. The summed E-state index contributed by atoms with van der Waals surface area (Å²) in [6.45, 7) is 0.505. The third-order valence-electron chi connectivity index (χ3n) is 2.48. The molecular formula is C13H13BrO2. The summed E-state index contributed by atoms with van der Waals surface area (Å²) in [6, 6.07) is 5.75. The maximum atomic E-state index is 11.7. The van der Waals surface area contributed by atoms with E-state index in [1.165, 1.54) is 0 Å². The zero-order chi connectivity index (χ0) is 11.4. The highest BCUT2D eigenvalue weighted by molar-refractivity contribution is 9.09. The normalized spacial score (nSPS) is 14.9. The third kappa shape index (κ3) is 2.53. The minimum atomic E-state index is 0.178. The average molecular weight is 281 g/mol. The maximum absolute atomic E-state index is 11.7. The molecule has 0 atom stereocenters. The number of ether oxygens (including phenoxy) is 1. The SMILES string of the molecule is O=C1CCOc2ccc(C=CCCBr)cc21. The van der Waals surface area contributed by atoms with E-state index in [2.05, 4.69) is 22.0 Å². The summed E-state index contributed by atoms with van der Waals surface area (Å²) in [5.41, 5.74) is 1.77. The number of rotatable bonds is 3.